The minimum absolute atomic E-state index is 0.209. The molecule has 0 aliphatic carbocycles. The Morgan fingerprint density at radius 2 is 1.82 bits per heavy atom. The highest BCUT2D eigenvalue weighted by atomic mass is 32.2. The van der Waals surface area contributed by atoms with E-state index < -0.39 is 34.6 Å². The second kappa shape index (κ2) is 10.4. The van der Waals surface area contributed by atoms with Crippen molar-refractivity contribution in [3.63, 3.8) is 0 Å². The third-order valence-corrected chi connectivity index (χ3v) is 10.7. The summed E-state index contributed by atoms with van der Waals surface area (Å²) in [6.07, 6.45) is 3.25. The lowest BCUT2D eigenvalue weighted by Gasteiger charge is -2.39. The average Bonchev–Trinajstić information content (AvgIpc) is 3.62. The number of carboxylic acids is 1. The highest BCUT2D eigenvalue weighted by molar-refractivity contribution is 8.02. The van der Waals surface area contributed by atoms with Crippen LogP contribution in [-0.2, 0) is 20.8 Å². The van der Waals surface area contributed by atoms with Crippen LogP contribution in [0.1, 0.15) is 18.4 Å². The van der Waals surface area contributed by atoms with Gasteiger partial charge in [-0.3, -0.25) is 14.4 Å². The number of benzene rings is 3. The Labute approximate surface area is 237 Å². The van der Waals surface area contributed by atoms with E-state index in [0.29, 0.717) is 24.9 Å². The van der Waals surface area contributed by atoms with E-state index in [1.54, 1.807) is 15.9 Å². The Hall–Kier alpha value is -3.62. The minimum Gasteiger partial charge on any atom is -0.481 e. The Morgan fingerprint density at radius 1 is 1.10 bits per heavy atom. The lowest BCUT2D eigenvalue weighted by atomic mass is 9.71. The molecule has 1 spiro atoms. The standard InChI is InChI=1S/C32H32N2O5S/c1-2-16-33(23-13-12-21-10-6-7-11-22(21)18-23)30(37)28-32-15-14-25(40-32)26(31(38)39)27(32)29(36)34(28)24(19-35)17-20-8-4-3-5-9-20/h2-13,18,24-28,35H,1,14-17,19H2,(H,38,39)/t24-,25+,26-,27+,28?,32?/m1/s1. The molecule has 3 aliphatic heterocycles. The van der Waals surface area contributed by atoms with Crippen LogP contribution in [0, 0.1) is 11.8 Å². The van der Waals surface area contributed by atoms with Gasteiger partial charge in [-0.2, -0.15) is 0 Å². The molecule has 3 aliphatic rings. The lowest BCUT2D eigenvalue weighted by Crippen LogP contribution is -2.58. The Balaban J connectivity index is 1.45. The number of thioether (sulfide) groups is 1. The molecule has 3 aromatic rings. The zero-order valence-corrected chi connectivity index (χ0v) is 22.9. The molecule has 40 heavy (non-hydrogen) atoms. The van der Waals surface area contributed by atoms with Crippen molar-refractivity contribution in [1.29, 1.82) is 0 Å². The summed E-state index contributed by atoms with van der Waals surface area (Å²) in [5.41, 5.74) is 1.62. The van der Waals surface area contributed by atoms with Gasteiger partial charge in [0.2, 0.25) is 5.91 Å². The Morgan fingerprint density at radius 3 is 2.52 bits per heavy atom. The van der Waals surface area contributed by atoms with Gasteiger partial charge < -0.3 is 20.0 Å². The van der Waals surface area contributed by atoms with Gasteiger partial charge in [-0.05, 0) is 47.7 Å². The van der Waals surface area contributed by atoms with Crippen molar-refractivity contribution in [2.24, 2.45) is 11.8 Å². The number of aliphatic hydroxyl groups is 1. The van der Waals surface area contributed by atoms with Gasteiger partial charge in [0.25, 0.3) is 5.91 Å². The summed E-state index contributed by atoms with van der Waals surface area (Å²) in [7, 11) is 0. The normalized spacial score (nSPS) is 27.5. The number of hydrogen-bond acceptors (Lipinski definition) is 5. The van der Waals surface area contributed by atoms with E-state index in [9.17, 15) is 24.6 Å². The van der Waals surface area contributed by atoms with Crippen LogP contribution < -0.4 is 4.90 Å². The number of nitrogens with zero attached hydrogens (tertiary/aromatic N) is 2. The fraction of sp³-hybridized carbons (Fsp3) is 0.344. The van der Waals surface area contributed by atoms with Crippen molar-refractivity contribution in [3.8, 4) is 0 Å². The van der Waals surface area contributed by atoms with Crippen LogP contribution in [0.5, 0.6) is 0 Å². The quantitative estimate of drug-likeness (QED) is 0.385. The first kappa shape index (κ1) is 26.6. The molecular weight excluding hydrogens is 524 g/mol. The van der Waals surface area contributed by atoms with E-state index in [2.05, 4.69) is 6.58 Å². The van der Waals surface area contributed by atoms with Crippen molar-refractivity contribution >= 4 is 46.0 Å². The van der Waals surface area contributed by atoms with E-state index in [4.69, 9.17) is 0 Å². The van der Waals surface area contributed by atoms with Gasteiger partial charge in [-0.1, -0.05) is 66.7 Å². The predicted molar refractivity (Wildman–Crippen MR) is 156 cm³/mol. The van der Waals surface area contributed by atoms with Crippen molar-refractivity contribution in [2.75, 3.05) is 18.1 Å². The maximum atomic E-state index is 14.7. The molecule has 206 valence electrons. The van der Waals surface area contributed by atoms with Gasteiger partial charge in [0.05, 0.1) is 29.2 Å². The minimum atomic E-state index is -0.994. The van der Waals surface area contributed by atoms with Crippen LogP contribution in [0.4, 0.5) is 5.69 Å². The molecule has 6 atom stereocenters. The monoisotopic (exact) mass is 556 g/mol. The first-order chi connectivity index (χ1) is 19.4. The maximum Gasteiger partial charge on any atom is 0.308 e. The van der Waals surface area contributed by atoms with E-state index in [0.717, 1.165) is 16.3 Å². The number of carbonyl (C=O) groups excluding carboxylic acids is 2. The SMILES string of the molecule is C=CCN(C(=O)C1N([C@@H](CO)Cc2ccccc2)C(=O)[C@@H]2[C@H](C(=O)O)[C@@H]3CCC12S3)c1ccc2ccccc2c1. The molecule has 0 saturated carbocycles. The fourth-order valence-electron chi connectivity index (χ4n) is 7.13. The molecule has 6 rings (SSSR count). The van der Waals surface area contributed by atoms with Crippen LogP contribution >= 0.6 is 11.8 Å². The highest BCUT2D eigenvalue weighted by Gasteiger charge is 2.74. The summed E-state index contributed by atoms with van der Waals surface area (Å²) >= 11 is 1.50. The van der Waals surface area contributed by atoms with E-state index in [-0.39, 0.29) is 30.2 Å². The maximum absolute atomic E-state index is 14.7. The first-order valence-corrected chi connectivity index (χ1v) is 14.6. The zero-order valence-electron chi connectivity index (χ0n) is 22.1. The van der Waals surface area contributed by atoms with E-state index in [1.807, 2.05) is 72.8 Å². The van der Waals surface area contributed by atoms with Gasteiger partial charge in [0.1, 0.15) is 6.04 Å². The first-order valence-electron chi connectivity index (χ1n) is 13.7. The molecule has 2 amide bonds. The van der Waals surface area contributed by atoms with E-state index >= 15 is 0 Å². The third-order valence-electron chi connectivity index (χ3n) is 8.80. The molecular formula is C32H32N2O5S. The zero-order chi connectivity index (χ0) is 28.0. The molecule has 2 bridgehead atoms. The topological polar surface area (TPSA) is 98.2 Å². The van der Waals surface area contributed by atoms with Crippen molar-refractivity contribution in [2.45, 2.75) is 41.3 Å². The van der Waals surface area contributed by atoms with E-state index in [1.165, 1.54) is 11.8 Å². The number of aliphatic carboxylic acids is 1. The average molecular weight is 557 g/mol. The summed E-state index contributed by atoms with van der Waals surface area (Å²) in [4.78, 5) is 44.6. The van der Waals surface area contributed by atoms with Crippen LogP contribution in [-0.4, -0.2) is 68.1 Å². The van der Waals surface area contributed by atoms with Crippen LogP contribution in [0.15, 0.2) is 85.5 Å². The smallest absolute Gasteiger partial charge is 0.308 e. The number of amides is 2. The molecule has 2 N–H and O–H groups in total. The lowest BCUT2D eigenvalue weighted by molar-refractivity contribution is -0.149. The second-order valence-electron chi connectivity index (χ2n) is 10.9. The molecule has 3 saturated heterocycles. The molecule has 3 aromatic carbocycles. The number of carbonyl (C=O) groups is 3. The van der Waals surface area contributed by atoms with Crippen LogP contribution in [0.25, 0.3) is 10.8 Å². The molecule has 2 unspecified atom stereocenters. The summed E-state index contributed by atoms with van der Waals surface area (Å²) in [6.45, 7) is 3.78. The summed E-state index contributed by atoms with van der Waals surface area (Å²) in [6, 6.07) is 21.7. The van der Waals surface area contributed by atoms with Gasteiger partial charge >= 0.3 is 5.97 Å². The molecule has 0 aromatic heterocycles. The largest absolute Gasteiger partial charge is 0.481 e. The number of fused-ring (bicyclic) bond motifs is 2. The Bertz CT molecular complexity index is 1480. The number of likely N-dealkylation sites (tertiary alicyclic amines) is 1. The molecule has 3 heterocycles. The molecule has 7 nitrogen and oxygen atoms in total. The van der Waals surface area contributed by atoms with Crippen molar-refractivity contribution in [3.05, 3.63) is 91.0 Å². The van der Waals surface area contributed by atoms with Gasteiger partial charge in [-0.25, -0.2) is 0 Å². The third kappa shape index (κ3) is 4.12. The van der Waals surface area contributed by atoms with Crippen molar-refractivity contribution < 1.29 is 24.6 Å². The molecule has 0 radical (unpaired) electrons. The number of anilines is 1. The molecule has 3 fully saturated rings. The van der Waals surface area contributed by atoms with Gasteiger partial charge in [0, 0.05) is 17.5 Å². The number of aliphatic hydroxyl groups excluding tert-OH is 1. The van der Waals surface area contributed by atoms with Gasteiger partial charge in [-0.15, -0.1) is 18.3 Å². The fourth-order valence-corrected chi connectivity index (χ4v) is 9.32. The van der Waals surface area contributed by atoms with Crippen LogP contribution in [0.2, 0.25) is 0 Å². The Kier molecular flexibility index (Phi) is 6.92. The summed E-state index contributed by atoms with van der Waals surface area (Å²) < 4.78 is -0.859. The summed E-state index contributed by atoms with van der Waals surface area (Å²) in [5, 5.41) is 22.6. The van der Waals surface area contributed by atoms with Crippen LogP contribution in [0.3, 0.4) is 0 Å². The number of carboxylic acid groups (broad SMARTS) is 1. The van der Waals surface area contributed by atoms with Gasteiger partial charge in [0.15, 0.2) is 0 Å². The highest BCUT2D eigenvalue weighted by Crippen LogP contribution is 2.66. The predicted octanol–water partition coefficient (Wildman–Crippen LogP) is 4.14. The number of hydrogen-bond donors (Lipinski definition) is 2. The summed E-state index contributed by atoms with van der Waals surface area (Å²) in [5.74, 6) is -3.26. The van der Waals surface area contributed by atoms with Crippen molar-refractivity contribution in [1.82, 2.24) is 4.90 Å². The molecule has 8 heteroatoms. The number of rotatable bonds is 9. The second-order valence-corrected chi connectivity index (χ2v) is 12.5.